The number of hydrogen-bond acceptors (Lipinski definition) is 5. The van der Waals surface area contributed by atoms with Crippen molar-refractivity contribution in [2.24, 2.45) is 5.10 Å². The maximum atomic E-state index is 13.5. The molecule has 4 rings (SSSR count). The van der Waals surface area contributed by atoms with E-state index in [1.54, 1.807) is 54.6 Å². The molecule has 1 aliphatic rings. The van der Waals surface area contributed by atoms with Crippen LogP contribution >= 0.6 is 0 Å². The van der Waals surface area contributed by atoms with Gasteiger partial charge in [-0.25, -0.2) is 8.42 Å². The second-order valence-electron chi connectivity index (χ2n) is 6.31. The Hall–Kier alpha value is -3.12. The van der Waals surface area contributed by atoms with Crippen molar-refractivity contribution in [2.75, 3.05) is 0 Å². The van der Waals surface area contributed by atoms with Crippen molar-refractivity contribution in [2.45, 2.75) is 16.2 Å². The Balaban J connectivity index is 1.87. The van der Waals surface area contributed by atoms with Gasteiger partial charge >= 0.3 is 0 Å². The molecule has 0 aliphatic carbocycles. The molecule has 27 heavy (non-hydrogen) atoms. The van der Waals surface area contributed by atoms with Crippen LogP contribution in [0.15, 0.2) is 94.9 Å². The molecule has 1 heterocycles. The number of aromatic hydroxyl groups is 1. The van der Waals surface area contributed by atoms with E-state index < -0.39 is 21.1 Å². The smallest absolute Gasteiger partial charge is 0.189 e. The van der Waals surface area contributed by atoms with E-state index in [9.17, 15) is 13.5 Å². The third kappa shape index (κ3) is 3.08. The lowest BCUT2D eigenvalue weighted by Gasteiger charge is -2.22. The minimum atomic E-state index is -3.75. The van der Waals surface area contributed by atoms with Crippen LogP contribution in [0.25, 0.3) is 0 Å². The monoisotopic (exact) mass is 378 g/mol. The van der Waals surface area contributed by atoms with Crippen molar-refractivity contribution >= 4 is 15.5 Å². The van der Waals surface area contributed by atoms with Crippen molar-refractivity contribution in [3.05, 3.63) is 96.1 Å². The number of nitrogens with one attached hydrogen (secondary N) is 1. The highest BCUT2D eigenvalue weighted by Crippen LogP contribution is 2.36. The predicted molar refractivity (Wildman–Crippen MR) is 104 cm³/mol. The molecule has 2 atom stereocenters. The summed E-state index contributed by atoms with van der Waals surface area (Å²) in [6.07, 6.45) is 0. The van der Waals surface area contributed by atoms with Gasteiger partial charge in [-0.05, 0) is 23.8 Å². The summed E-state index contributed by atoms with van der Waals surface area (Å²) in [7, 11) is -3.75. The number of nitrogens with zero attached hydrogens (tertiary/aromatic N) is 1. The van der Waals surface area contributed by atoms with Crippen LogP contribution in [0.1, 0.15) is 17.2 Å². The van der Waals surface area contributed by atoms with Crippen LogP contribution in [-0.4, -0.2) is 24.5 Å². The maximum Gasteiger partial charge on any atom is 0.189 e. The third-order valence-electron chi connectivity index (χ3n) is 4.64. The zero-order chi connectivity index (χ0) is 18.9. The Morgan fingerprint density at radius 1 is 0.815 bits per heavy atom. The Kier molecular flexibility index (Phi) is 4.41. The Bertz CT molecular complexity index is 1080. The second kappa shape index (κ2) is 6.89. The van der Waals surface area contributed by atoms with Crippen molar-refractivity contribution < 1.29 is 13.5 Å². The van der Waals surface area contributed by atoms with Gasteiger partial charge in [0.05, 0.1) is 16.6 Å². The first kappa shape index (κ1) is 17.3. The molecular weight excluding hydrogens is 360 g/mol. The molecule has 3 aromatic rings. The van der Waals surface area contributed by atoms with Crippen LogP contribution in [-0.2, 0) is 9.84 Å². The minimum absolute atomic E-state index is 0.0350. The summed E-state index contributed by atoms with van der Waals surface area (Å²) in [5, 5.41) is 13.7. The van der Waals surface area contributed by atoms with E-state index in [-0.39, 0.29) is 10.6 Å². The molecule has 0 bridgehead atoms. The van der Waals surface area contributed by atoms with Crippen molar-refractivity contribution in [3.63, 3.8) is 0 Å². The van der Waals surface area contributed by atoms with Gasteiger partial charge in [0.2, 0.25) is 0 Å². The molecular formula is C21H18N2O3S. The number of benzene rings is 3. The van der Waals surface area contributed by atoms with Crippen LogP contribution < -0.4 is 5.43 Å². The summed E-state index contributed by atoms with van der Waals surface area (Å²) in [4.78, 5) is 0.225. The first-order valence-corrected chi connectivity index (χ1v) is 10.1. The predicted octanol–water partition coefficient (Wildman–Crippen LogP) is 3.28. The highest BCUT2D eigenvalue weighted by molar-refractivity contribution is 7.93. The summed E-state index contributed by atoms with van der Waals surface area (Å²) >= 11 is 0. The zero-order valence-electron chi connectivity index (χ0n) is 14.4. The van der Waals surface area contributed by atoms with Gasteiger partial charge in [-0.1, -0.05) is 66.7 Å². The first-order valence-electron chi connectivity index (χ1n) is 8.54. The summed E-state index contributed by atoms with van der Waals surface area (Å²) in [5.74, 6) is 0.0350. The standard InChI is InChI=1S/C21H18N2O3S/c24-18-14-8-7-13-17(18)20-21(27(25,26)16-11-5-2-6-12-16)19(22-23-20)15-9-3-1-4-10-15/h1-14,20-21,23-24H. The Morgan fingerprint density at radius 3 is 2.07 bits per heavy atom. The minimum Gasteiger partial charge on any atom is -0.508 e. The molecule has 2 unspecified atom stereocenters. The van der Waals surface area contributed by atoms with E-state index in [1.165, 1.54) is 0 Å². The van der Waals surface area contributed by atoms with E-state index in [0.717, 1.165) is 5.56 Å². The SMILES string of the molecule is O=S(=O)(c1ccccc1)C1C(c2ccccc2)=NNC1c1ccccc1O. The normalized spacial score (nSPS) is 19.3. The molecule has 2 N–H and O–H groups in total. The van der Waals surface area contributed by atoms with Gasteiger partial charge in [-0.2, -0.15) is 5.10 Å². The third-order valence-corrected chi connectivity index (χ3v) is 6.74. The molecule has 0 radical (unpaired) electrons. The molecule has 0 saturated carbocycles. The molecule has 6 heteroatoms. The number of phenols is 1. The van der Waals surface area contributed by atoms with Gasteiger partial charge in [0.25, 0.3) is 0 Å². The largest absolute Gasteiger partial charge is 0.508 e. The number of sulfone groups is 1. The zero-order valence-corrected chi connectivity index (χ0v) is 15.2. The molecule has 3 aromatic carbocycles. The molecule has 0 aromatic heterocycles. The number of phenolic OH excluding ortho intramolecular Hbond substituents is 1. The Morgan fingerprint density at radius 2 is 1.41 bits per heavy atom. The lowest BCUT2D eigenvalue weighted by Crippen LogP contribution is -2.35. The van der Waals surface area contributed by atoms with Crippen molar-refractivity contribution in [3.8, 4) is 5.75 Å². The molecule has 0 spiro atoms. The molecule has 5 nitrogen and oxygen atoms in total. The van der Waals surface area contributed by atoms with Gasteiger partial charge in [0, 0.05) is 5.56 Å². The fourth-order valence-electron chi connectivity index (χ4n) is 3.33. The number of para-hydroxylation sites is 1. The highest BCUT2D eigenvalue weighted by Gasteiger charge is 2.44. The van der Waals surface area contributed by atoms with Crippen molar-refractivity contribution in [1.82, 2.24) is 5.43 Å². The average molecular weight is 378 g/mol. The van der Waals surface area contributed by atoms with E-state index in [2.05, 4.69) is 10.5 Å². The van der Waals surface area contributed by atoms with Crippen LogP contribution in [0, 0.1) is 0 Å². The van der Waals surface area contributed by atoms with E-state index in [0.29, 0.717) is 11.3 Å². The molecule has 0 fully saturated rings. The fraction of sp³-hybridized carbons (Fsp3) is 0.0952. The van der Waals surface area contributed by atoms with E-state index >= 15 is 0 Å². The molecule has 0 saturated heterocycles. The van der Waals surface area contributed by atoms with Crippen molar-refractivity contribution in [1.29, 1.82) is 0 Å². The second-order valence-corrected chi connectivity index (χ2v) is 8.38. The van der Waals surface area contributed by atoms with Gasteiger partial charge < -0.3 is 10.5 Å². The lowest BCUT2D eigenvalue weighted by atomic mass is 9.98. The summed E-state index contributed by atoms with van der Waals surface area (Å²) < 4.78 is 27.0. The first-order chi connectivity index (χ1) is 13.1. The molecule has 136 valence electrons. The van der Waals surface area contributed by atoms with Crippen LogP contribution in [0.5, 0.6) is 5.75 Å². The highest BCUT2D eigenvalue weighted by atomic mass is 32.2. The molecule has 0 amide bonds. The van der Waals surface area contributed by atoms with Crippen LogP contribution in [0.3, 0.4) is 0 Å². The topological polar surface area (TPSA) is 78.8 Å². The van der Waals surface area contributed by atoms with Gasteiger partial charge in [-0.3, -0.25) is 0 Å². The van der Waals surface area contributed by atoms with Crippen LogP contribution in [0.2, 0.25) is 0 Å². The maximum absolute atomic E-state index is 13.5. The number of hydrogen-bond donors (Lipinski definition) is 2. The number of hydrazone groups is 1. The van der Waals surface area contributed by atoms with Gasteiger partial charge in [-0.15, -0.1) is 0 Å². The average Bonchev–Trinajstić information content (AvgIpc) is 3.15. The van der Waals surface area contributed by atoms with E-state index in [4.69, 9.17) is 0 Å². The fourth-order valence-corrected chi connectivity index (χ4v) is 5.21. The van der Waals surface area contributed by atoms with Crippen LogP contribution in [0.4, 0.5) is 0 Å². The number of rotatable bonds is 4. The summed E-state index contributed by atoms with van der Waals surface area (Å²) in [6, 6.07) is 23.6. The summed E-state index contributed by atoms with van der Waals surface area (Å²) in [5.41, 5.74) is 4.60. The van der Waals surface area contributed by atoms with E-state index in [1.807, 2.05) is 30.3 Å². The quantitative estimate of drug-likeness (QED) is 0.730. The summed E-state index contributed by atoms with van der Waals surface area (Å²) in [6.45, 7) is 0. The van der Waals surface area contributed by atoms with Gasteiger partial charge in [0.15, 0.2) is 9.84 Å². The molecule has 1 aliphatic heterocycles. The lowest BCUT2D eigenvalue weighted by molar-refractivity contribution is 0.455. The van der Waals surface area contributed by atoms with Gasteiger partial charge in [0.1, 0.15) is 11.0 Å². The Labute approximate surface area is 157 Å².